The molecule has 53 valence electrons. The van der Waals surface area contributed by atoms with Gasteiger partial charge < -0.3 is 10.2 Å². The molecule has 9 heavy (non-hydrogen) atoms. The Morgan fingerprint density at radius 3 is 2.56 bits per heavy atom. The number of likely N-dealkylation sites (N-methyl/N-ethyl adjacent to an activating group) is 1. The van der Waals surface area contributed by atoms with Gasteiger partial charge in [-0.3, -0.25) is 4.90 Å². The van der Waals surface area contributed by atoms with Crippen LogP contribution in [0.3, 0.4) is 0 Å². The van der Waals surface area contributed by atoms with Gasteiger partial charge in [0.1, 0.15) is 0 Å². The van der Waals surface area contributed by atoms with Crippen LogP contribution in [0.1, 0.15) is 12.8 Å². The zero-order valence-electron chi connectivity index (χ0n) is 5.49. The fourth-order valence-electron chi connectivity index (χ4n) is 1.15. The first kappa shape index (κ1) is 6.99. The Labute approximate surface area is 54.9 Å². The summed E-state index contributed by atoms with van der Waals surface area (Å²) in [5.41, 5.74) is 0. The van der Waals surface area contributed by atoms with Gasteiger partial charge in [-0.05, 0) is 19.9 Å². The van der Waals surface area contributed by atoms with Crippen molar-refractivity contribution in [2.75, 3.05) is 7.05 Å². The zero-order chi connectivity index (χ0) is 6.85. The van der Waals surface area contributed by atoms with E-state index >= 15 is 0 Å². The summed E-state index contributed by atoms with van der Waals surface area (Å²) >= 11 is 0. The van der Waals surface area contributed by atoms with Crippen LogP contribution in [-0.2, 0) is 0 Å². The van der Waals surface area contributed by atoms with E-state index in [-0.39, 0.29) is 6.04 Å². The highest BCUT2D eigenvalue weighted by molar-refractivity contribution is 4.84. The first-order valence-electron chi connectivity index (χ1n) is 3.13. The Kier molecular flexibility index (Phi) is 2.05. The van der Waals surface area contributed by atoms with Crippen molar-refractivity contribution in [1.82, 2.24) is 4.90 Å². The third-order valence-corrected chi connectivity index (χ3v) is 1.75. The minimum Gasteiger partial charge on any atom is -0.367 e. The Balaban J connectivity index is 2.40. The first-order valence-corrected chi connectivity index (χ1v) is 3.13. The van der Waals surface area contributed by atoms with Gasteiger partial charge in [-0.1, -0.05) is 0 Å². The number of aliphatic hydroxyl groups is 2. The Bertz CT molecular complexity index is 95.1. The maximum absolute atomic E-state index is 8.72. The molecule has 0 bridgehead atoms. The molecule has 0 aromatic rings. The van der Waals surface area contributed by atoms with Crippen LogP contribution in [-0.4, -0.2) is 34.5 Å². The van der Waals surface area contributed by atoms with Crippen LogP contribution in [0.15, 0.2) is 0 Å². The van der Waals surface area contributed by atoms with Crippen LogP contribution in [0.25, 0.3) is 0 Å². The average molecular weight is 130 g/mol. The summed E-state index contributed by atoms with van der Waals surface area (Å²) < 4.78 is 0. The maximum atomic E-state index is 8.72. The van der Waals surface area contributed by atoms with E-state index in [0.717, 1.165) is 12.8 Å². The number of aliphatic hydroxyl groups excluding tert-OH is 1. The van der Waals surface area contributed by atoms with Gasteiger partial charge in [0.05, 0.1) is 6.04 Å². The zero-order valence-corrected chi connectivity index (χ0v) is 5.49. The van der Waals surface area contributed by atoms with Gasteiger partial charge in [0.15, 0.2) is 6.29 Å². The Hall–Kier alpha value is -0.120. The van der Waals surface area contributed by atoms with Crippen molar-refractivity contribution >= 4 is 0 Å². The number of likely N-dealkylation sites (tertiary alicyclic amines) is 1. The monoisotopic (exact) mass is 130 g/mol. The SMILES string of the molecule is CN1[CH]CC[C@H]1C(O)O. The molecule has 1 aliphatic heterocycles. The molecule has 0 aliphatic carbocycles. The molecule has 0 unspecified atom stereocenters. The molecule has 1 fully saturated rings. The van der Waals surface area contributed by atoms with Crippen LogP contribution in [0.2, 0.25) is 0 Å². The van der Waals surface area contributed by atoms with E-state index in [1.165, 1.54) is 0 Å². The molecule has 3 nitrogen and oxygen atoms in total. The van der Waals surface area contributed by atoms with E-state index < -0.39 is 6.29 Å². The average Bonchev–Trinajstić information content (AvgIpc) is 2.13. The molecule has 1 radical (unpaired) electrons. The highest BCUT2D eigenvalue weighted by atomic mass is 16.5. The lowest BCUT2D eigenvalue weighted by molar-refractivity contribution is -0.0834. The minimum atomic E-state index is -1.19. The van der Waals surface area contributed by atoms with Gasteiger partial charge >= 0.3 is 0 Å². The lowest BCUT2D eigenvalue weighted by atomic mass is 10.2. The molecule has 1 heterocycles. The van der Waals surface area contributed by atoms with Gasteiger partial charge in [0, 0.05) is 6.54 Å². The molecular weight excluding hydrogens is 118 g/mol. The third kappa shape index (κ3) is 1.41. The summed E-state index contributed by atoms with van der Waals surface area (Å²) in [6, 6.07) is -0.0787. The van der Waals surface area contributed by atoms with Crippen molar-refractivity contribution in [1.29, 1.82) is 0 Å². The summed E-state index contributed by atoms with van der Waals surface area (Å²) in [6.07, 6.45) is 0.626. The topological polar surface area (TPSA) is 43.7 Å². The molecule has 0 spiro atoms. The van der Waals surface area contributed by atoms with Crippen molar-refractivity contribution in [2.24, 2.45) is 0 Å². The maximum Gasteiger partial charge on any atom is 0.167 e. The highest BCUT2D eigenvalue weighted by Gasteiger charge is 2.26. The lowest BCUT2D eigenvalue weighted by Crippen LogP contribution is -2.34. The third-order valence-electron chi connectivity index (χ3n) is 1.75. The summed E-state index contributed by atoms with van der Waals surface area (Å²) in [4.78, 5) is 1.85. The Morgan fingerprint density at radius 1 is 1.67 bits per heavy atom. The van der Waals surface area contributed by atoms with E-state index in [4.69, 9.17) is 10.2 Å². The fourth-order valence-corrected chi connectivity index (χ4v) is 1.15. The lowest BCUT2D eigenvalue weighted by Gasteiger charge is -2.19. The van der Waals surface area contributed by atoms with Crippen LogP contribution in [0.4, 0.5) is 0 Å². The van der Waals surface area contributed by atoms with Gasteiger partial charge in [-0.2, -0.15) is 0 Å². The van der Waals surface area contributed by atoms with Gasteiger partial charge in [-0.15, -0.1) is 0 Å². The van der Waals surface area contributed by atoms with E-state index in [9.17, 15) is 0 Å². The van der Waals surface area contributed by atoms with Crippen molar-refractivity contribution in [3.05, 3.63) is 6.54 Å². The molecule has 2 N–H and O–H groups in total. The highest BCUT2D eigenvalue weighted by Crippen LogP contribution is 2.19. The molecular formula is C6H12NO2. The van der Waals surface area contributed by atoms with E-state index in [1.807, 2.05) is 18.5 Å². The molecule has 0 saturated carbocycles. The number of rotatable bonds is 1. The summed E-state index contributed by atoms with van der Waals surface area (Å²) in [5.74, 6) is 0. The van der Waals surface area contributed by atoms with E-state index in [1.54, 1.807) is 0 Å². The largest absolute Gasteiger partial charge is 0.367 e. The van der Waals surface area contributed by atoms with Crippen LogP contribution in [0.5, 0.6) is 0 Å². The van der Waals surface area contributed by atoms with E-state index in [2.05, 4.69) is 0 Å². The van der Waals surface area contributed by atoms with Crippen LogP contribution < -0.4 is 0 Å². The standard InChI is InChI=1S/C6H12NO2/c1-7-4-2-3-5(7)6(8)9/h4-6,8-9H,2-3H2,1H3/t5-/m0/s1. The smallest absolute Gasteiger partial charge is 0.167 e. The Morgan fingerprint density at radius 2 is 2.33 bits per heavy atom. The molecule has 0 amide bonds. The quantitative estimate of drug-likeness (QED) is 0.473. The number of hydrogen-bond donors (Lipinski definition) is 2. The van der Waals surface area contributed by atoms with Crippen molar-refractivity contribution in [3.8, 4) is 0 Å². The number of nitrogens with zero attached hydrogens (tertiary/aromatic N) is 1. The van der Waals surface area contributed by atoms with Crippen molar-refractivity contribution < 1.29 is 10.2 Å². The molecule has 3 heteroatoms. The molecule has 0 aromatic heterocycles. The van der Waals surface area contributed by atoms with Crippen LogP contribution in [0, 0.1) is 6.54 Å². The van der Waals surface area contributed by atoms with E-state index in [0.29, 0.717) is 0 Å². The second-order valence-corrected chi connectivity index (χ2v) is 2.41. The second-order valence-electron chi connectivity index (χ2n) is 2.41. The summed E-state index contributed by atoms with van der Waals surface area (Å²) in [7, 11) is 1.86. The predicted molar refractivity (Wildman–Crippen MR) is 33.3 cm³/mol. The second kappa shape index (κ2) is 2.64. The fraction of sp³-hybridized carbons (Fsp3) is 0.833. The molecule has 1 atom stereocenters. The van der Waals surface area contributed by atoms with Crippen molar-refractivity contribution in [2.45, 2.75) is 25.2 Å². The van der Waals surface area contributed by atoms with Gasteiger partial charge in [-0.25, -0.2) is 0 Å². The molecule has 1 aliphatic rings. The molecule has 1 saturated heterocycles. The molecule has 0 aromatic carbocycles. The van der Waals surface area contributed by atoms with Gasteiger partial charge in [0.25, 0.3) is 0 Å². The minimum absolute atomic E-state index is 0.0787. The predicted octanol–water partition coefficient (Wildman–Crippen LogP) is -0.447. The number of hydrogen-bond acceptors (Lipinski definition) is 3. The first-order chi connectivity index (χ1) is 4.22. The summed E-state index contributed by atoms with van der Waals surface area (Å²) in [5, 5.41) is 17.4. The molecule has 1 rings (SSSR count). The normalized spacial score (nSPS) is 30.0. The summed E-state index contributed by atoms with van der Waals surface area (Å²) in [6.45, 7) is 1.98. The van der Waals surface area contributed by atoms with Crippen LogP contribution >= 0.6 is 0 Å². The van der Waals surface area contributed by atoms with Crippen molar-refractivity contribution in [3.63, 3.8) is 0 Å². The van der Waals surface area contributed by atoms with Gasteiger partial charge in [0.2, 0.25) is 0 Å².